The zero-order valence-electron chi connectivity index (χ0n) is 7.16. The molecule has 2 atom stereocenters. The van der Waals surface area contributed by atoms with Gasteiger partial charge < -0.3 is 10.6 Å². The molecule has 2 aliphatic rings. The van der Waals surface area contributed by atoms with Gasteiger partial charge in [0.05, 0.1) is 0 Å². The molecule has 66 valence electrons. The molecule has 2 unspecified atom stereocenters. The van der Waals surface area contributed by atoms with Gasteiger partial charge in [0.2, 0.25) is 0 Å². The van der Waals surface area contributed by atoms with Crippen LogP contribution in [0.25, 0.3) is 0 Å². The number of hydrogen-bond donors (Lipinski definition) is 1. The summed E-state index contributed by atoms with van der Waals surface area (Å²) in [5.74, 6) is 1.45. The van der Waals surface area contributed by atoms with Gasteiger partial charge in [-0.05, 0) is 19.4 Å². The lowest BCUT2D eigenvalue weighted by atomic mass is 10.1. The van der Waals surface area contributed by atoms with Crippen LogP contribution in [-0.4, -0.2) is 35.8 Å². The number of amidine groups is 1. The fourth-order valence-corrected chi connectivity index (χ4v) is 1.83. The van der Waals surface area contributed by atoms with Gasteiger partial charge >= 0.3 is 0 Å². The van der Waals surface area contributed by atoms with Crippen molar-refractivity contribution in [1.29, 1.82) is 0 Å². The number of rotatable bonds is 1. The van der Waals surface area contributed by atoms with E-state index in [1.165, 1.54) is 0 Å². The Kier molecular flexibility index (Phi) is 1.65. The summed E-state index contributed by atoms with van der Waals surface area (Å²) in [5, 5.41) is 0. The van der Waals surface area contributed by atoms with Crippen molar-refractivity contribution < 1.29 is 4.79 Å². The highest BCUT2D eigenvalue weighted by Crippen LogP contribution is 2.25. The minimum Gasteiger partial charge on any atom is -0.348 e. The molecule has 0 aromatic rings. The van der Waals surface area contributed by atoms with Gasteiger partial charge in [0, 0.05) is 13.0 Å². The first-order valence-electron chi connectivity index (χ1n) is 4.30. The summed E-state index contributed by atoms with van der Waals surface area (Å²) in [6.45, 7) is 3.50. The van der Waals surface area contributed by atoms with E-state index in [1.54, 1.807) is 0 Å². The lowest BCUT2D eigenvalue weighted by Gasteiger charge is -2.17. The van der Waals surface area contributed by atoms with Gasteiger partial charge in [0.25, 0.3) is 5.91 Å². The molecule has 1 amide bonds. The van der Waals surface area contributed by atoms with E-state index in [9.17, 15) is 4.79 Å². The quantitative estimate of drug-likeness (QED) is 0.577. The molecule has 4 nitrogen and oxygen atoms in total. The Morgan fingerprint density at radius 3 is 3.08 bits per heavy atom. The van der Waals surface area contributed by atoms with Gasteiger partial charge in [-0.15, -0.1) is 0 Å². The summed E-state index contributed by atoms with van der Waals surface area (Å²) < 4.78 is 0. The van der Waals surface area contributed by atoms with Crippen LogP contribution in [0.2, 0.25) is 0 Å². The number of carbonyl (C=O) groups excluding carboxylic acids is 1. The number of nitrogens with zero attached hydrogens (tertiary/aromatic N) is 2. The molecular formula is C8H13N3O. The van der Waals surface area contributed by atoms with E-state index >= 15 is 0 Å². The molecule has 0 saturated carbocycles. The fourth-order valence-electron chi connectivity index (χ4n) is 1.83. The second-order valence-electron chi connectivity index (χ2n) is 3.50. The number of nitrogens with two attached hydrogens (primary N) is 1. The molecule has 0 aromatic carbocycles. The third-order valence-electron chi connectivity index (χ3n) is 2.66. The second kappa shape index (κ2) is 2.55. The first kappa shape index (κ1) is 7.73. The highest BCUT2D eigenvalue weighted by molar-refractivity contribution is 6.04. The number of hydrogen-bond acceptors (Lipinski definition) is 3. The number of carbonyl (C=O) groups is 1. The average Bonchev–Trinajstić information content (AvgIpc) is 2.55. The minimum atomic E-state index is -0.0449. The van der Waals surface area contributed by atoms with E-state index in [-0.39, 0.29) is 11.9 Å². The highest BCUT2D eigenvalue weighted by atomic mass is 16.2. The van der Waals surface area contributed by atoms with Crippen molar-refractivity contribution in [3.63, 3.8) is 0 Å². The van der Waals surface area contributed by atoms with Gasteiger partial charge in [-0.2, -0.15) is 4.99 Å². The Hall–Kier alpha value is -0.900. The van der Waals surface area contributed by atoms with Crippen LogP contribution in [0.3, 0.4) is 0 Å². The van der Waals surface area contributed by atoms with E-state index < -0.39 is 0 Å². The summed E-state index contributed by atoms with van der Waals surface area (Å²) in [5.41, 5.74) is 5.55. The summed E-state index contributed by atoms with van der Waals surface area (Å²) in [4.78, 5) is 17.2. The molecule has 2 rings (SSSR count). The molecule has 12 heavy (non-hydrogen) atoms. The van der Waals surface area contributed by atoms with Crippen LogP contribution in [0.15, 0.2) is 4.99 Å². The molecular weight excluding hydrogens is 154 g/mol. The van der Waals surface area contributed by atoms with E-state index in [0.29, 0.717) is 12.5 Å². The second-order valence-corrected chi connectivity index (χ2v) is 3.50. The first-order valence-corrected chi connectivity index (χ1v) is 4.30. The third kappa shape index (κ3) is 0.948. The van der Waals surface area contributed by atoms with E-state index in [4.69, 9.17) is 5.73 Å². The standard InChI is InChI=1S/C8H13N3O/c1-5-8(12)10-7-2-6(3-9)4-11(5)7/h5-6H,2-4,9H2,1H3. The molecule has 1 fully saturated rings. The van der Waals surface area contributed by atoms with E-state index in [1.807, 2.05) is 6.92 Å². The zero-order valence-corrected chi connectivity index (χ0v) is 7.16. The summed E-state index contributed by atoms with van der Waals surface area (Å²) in [7, 11) is 0. The third-order valence-corrected chi connectivity index (χ3v) is 2.66. The van der Waals surface area contributed by atoms with E-state index in [2.05, 4.69) is 9.89 Å². The largest absolute Gasteiger partial charge is 0.348 e. The van der Waals surface area contributed by atoms with Crippen LogP contribution in [0.4, 0.5) is 0 Å². The van der Waals surface area contributed by atoms with Crippen LogP contribution in [0.1, 0.15) is 13.3 Å². The SMILES string of the molecule is CC1C(=O)N=C2CC(CN)CN21. The van der Waals surface area contributed by atoms with Crippen LogP contribution in [-0.2, 0) is 4.79 Å². The van der Waals surface area contributed by atoms with E-state index in [0.717, 1.165) is 18.8 Å². The normalized spacial score (nSPS) is 34.0. The molecule has 2 aliphatic heterocycles. The van der Waals surface area contributed by atoms with Crippen molar-refractivity contribution in [1.82, 2.24) is 4.90 Å². The molecule has 4 heteroatoms. The Morgan fingerprint density at radius 1 is 1.75 bits per heavy atom. The highest BCUT2D eigenvalue weighted by Gasteiger charge is 2.38. The Labute approximate surface area is 71.4 Å². The van der Waals surface area contributed by atoms with Crippen LogP contribution >= 0.6 is 0 Å². The van der Waals surface area contributed by atoms with Gasteiger partial charge in [-0.3, -0.25) is 4.79 Å². The first-order chi connectivity index (χ1) is 5.72. The minimum absolute atomic E-state index is 0.000437. The molecule has 0 radical (unpaired) electrons. The Bertz CT molecular complexity index is 249. The van der Waals surface area contributed by atoms with Crippen molar-refractivity contribution in [3.05, 3.63) is 0 Å². The number of amides is 1. The Balaban J connectivity index is 2.16. The van der Waals surface area contributed by atoms with Gasteiger partial charge in [-0.25, -0.2) is 0 Å². The molecule has 0 aliphatic carbocycles. The lowest BCUT2D eigenvalue weighted by molar-refractivity contribution is -0.119. The molecule has 2 heterocycles. The lowest BCUT2D eigenvalue weighted by Crippen LogP contribution is -2.33. The Morgan fingerprint density at radius 2 is 2.50 bits per heavy atom. The van der Waals surface area contributed by atoms with Gasteiger partial charge in [0.1, 0.15) is 11.9 Å². The van der Waals surface area contributed by atoms with Crippen molar-refractivity contribution >= 4 is 11.7 Å². The smallest absolute Gasteiger partial charge is 0.269 e. The maximum absolute atomic E-state index is 11.1. The van der Waals surface area contributed by atoms with Crippen LogP contribution < -0.4 is 5.73 Å². The van der Waals surface area contributed by atoms with Gasteiger partial charge in [0.15, 0.2) is 0 Å². The van der Waals surface area contributed by atoms with Crippen molar-refractivity contribution in [2.45, 2.75) is 19.4 Å². The summed E-state index contributed by atoms with van der Waals surface area (Å²) >= 11 is 0. The summed E-state index contributed by atoms with van der Waals surface area (Å²) in [6.07, 6.45) is 0.882. The monoisotopic (exact) mass is 167 g/mol. The molecule has 0 spiro atoms. The number of fused-ring (bicyclic) bond motifs is 1. The molecule has 2 N–H and O–H groups in total. The maximum Gasteiger partial charge on any atom is 0.269 e. The predicted octanol–water partition coefficient (Wildman–Crippen LogP) is -0.406. The number of aliphatic imine (C=N–C) groups is 1. The topological polar surface area (TPSA) is 58.7 Å². The fraction of sp³-hybridized carbons (Fsp3) is 0.750. The predicted molar refractivity (Wildman–Crippen MR) is 45.8 cm³/mol. The molecule has 0 aromatic heterocycles. The van der Waals surface area contributed by atoms with Crippen molar-refractivity contribution in [3.8, 4) is 0 Å². The van der Waals surface area contributed by atoms with Crippen LogP contribution in [0, 0.1) is 5.92 Å². The molecule has 1 saturated heterocycles. The van der Waals surface area contributed by atoms with Crippen molar-refractivity contribution in [2.75, 3.05) is 13.1 Å². The van der Waals surface area contributed by atoms with Crippen molar-refractivity contribution in [2.24, 2.45) is 16.6 Å². The molecule has 0 bridgehead atoms. The van der Waals surface area contributed by atoms with Crippen LogP contribution in [0.5, 0.6) is 0 Å². The van der Waals surface area contributed by atoms with Gasteiger partial charge in [-0.1, -0.05) is 0 Å². The maximum atomic E-state index is 11.1. The zero-order chi connectivity index (χ0) is 8.72. The average molecular weight is 167 g/mol. The summed E-state index contributed by atoms with van der Waals surface area (Å²) in [6, 6.07) is -0.0449.